The predicted molar refractivity (Wildman–Crippen MR) is 82.6 cm³/mol. The highest BCUT2D eigenvalue weighted by molar-refractivity contribution is 9.10. The van der Waals surface area contributed by atoms with Crippen LogP contribution in [0, 0.1) is 0 Å². The molecule has 8 heteroatoms. The third kappa shape index (κ3) is 3.92. The van der Waals surface area contributed by atoms with Crippen molar-refractivity contribution in [3.8, 4) is 0 Å². The standard InChI is InChI=1S/C13H9BrF3N3S/c14-9-2-1-7(13(15,16)17)5-10(9)20-8-3-4-19-11(6-8)12(18)21/h1-6H,(H2,18,21)(H,19,20). The normalized spacial score (nSPS) is 11.2. The number of nitrogens with two attached hydrogens (primary N) is 1. The van der Waals surface area contributed by atoms with Crippen LogP contribution in [0.1, 0.15) is 11.3 Å². The van der Waals surface area contributed by atoms with Crippen LogP contribution in [0.5, 0.6) is 0 Å². The molecule has 0 aliphatic carbocycles. The molecule has 0 saturated carbocycles. The molecule has 1 heterocycles. The van der Waals surface area contributed by atoms with Crippen LogP contribution in [0.15, 0.2) is 41.0 Å². The Bertz CT molecular complexity index is 689. The van der Waals surface area contributed by atoms with E-state index in [1.807, 2.05) is 0 Å². The molecule has 0 aliphatic heterocycles. The number of benzene rings is 1. The Morgan fingerprint density at radius 1 is 1.24 bits per heavy atom. The van der Waals surface area contributed by atoms with Gasteiger partial charge in [0, 0.05) is 16.4 Å². The summed E-state index contributed by atoms with van der Waals surface area (Å²) in [5.74, 6) is 0. The van der Waals surface area contributed by atoms with Crippen molar-refractivity contribution in [2.24, 2.45) is 5.73 Å². The minimum absolute atomic E-state index is 0.113. The molecule has 2 rings (SSSR count). The van der Waals surface area contributed by atoms with Crippen molar-refractivity contribution in [2.75, 3.05) is 5.32 Å². The average Bonchev–Trinajstić information content (AvgIpc) is 2.40. The molecule has 0 unspecified atom stereocenters. The Balaban J connectivity index is 2.35. The lowest BCUT2D eigenvalue weighted by Gasteiger charge is -2.13. The molecule has 0 aliphatic rings. The summed E-state index contributed by atoms with van der Waals surface area (Å²) >= 11 is 8.02. The van der Waals surface area contributed by atoms with E-state index < -0.39 is 11.7 Å². The van der Waals surface area contributed by atoms with E-state index in [9.17, 15) is 13.2 Å². The summed E-state index contributed by atoms with van der Waals surface area (Å²) in [5.41, 5.74) is 5.94. The molecule has 0 saturated heterocycles. The number of hydrogen-bond donors (Lipinski definition) is 2. The Morgan fingerprint density at radius 3 is 2.57 bits per heavy atom. The highest BCUT2D eigenvalue weighted by Crippen LogP contribution is 2.35. The van der Waals surface area contributed by atoms with Gasteiger partial charge in [-0.2, -0.15) is 13.2 Å². The van der Waals surface area contributed by atoms with Gasteiger partial charge in [0.05, 0.1) is 16.9 Å². The lowest BCUT2D eigenvalue weighted by molar-refractivity contribution is -0.137. The minimum Gasteiger partial charge on any atom is -0.388 e. The fourth-order valence-corrected chi connectivity index (χ4v) is 2.05. The van der Waals surface area contributed by atoms with E-state index in [1.54, 1.807) is 12.1 Å². The second-order valence-electron chi connectivity index (χ2n) is 4.11. The molecule has 0 radical (unpaired) electrons. The first kappa shape index (κ1) is 15.7. The number of rotatable bonds is 3. The fraction of sp³-hybridized carbons (Fsp3) is 0.0769. The number of alkyl halides is 3. The number of nitrogens with one attached hydrogen (secondary N) is 1. The number of thiocarbonyl (C=S) groups is 1. The second kappa shape index (κ2) is 5.98. The van der Waals surface area contributed by atoms with Crippen molar-refractivity contribution in [1.29, 1.82) is 0 Å². The first-order valence-corrected chi connectivity index (χ1v) is 6.87. The van der Waals surface area contributed by atoms with Gasteiger partial charge in [-0.3, -0.25) is 4.98 Å². The summed E-state index contributed by atoms with van der Waals surface area (Å²) in [6.45, 7) is 0. The lowest BCUT2D eigenvalue weighted by atomic mass is 10.2. The molecule has 21 heavy (non-hydrogen) atoms. The number of halogens is 4. The van der Waals surface area contributed by atoms with Gasteiger partial charge in [0.15, 0.2) is 0 Å². The number of aromatic nitrogens is 1. The summed E-state index contributed by atoms with van der Waals surface area (Å²) < 4.78 is 38.7. The van der Waals surface area contributed by atoms with Crippen LogP contribution >= 0.6 is 28.1 Å². The minimum atomic E-state index is -4.40. The molecular formula is C13H9BrF3N3S. The number of pyridine rings is 1. The molecule has 0 atom stereocenters. The van der Waals surface area contributed by atoms with E-state index in [4.69, 9.17) is 18.0 Å². The van der Waals surface area contributed by atoms with E-state index in [1.165, 1.54) is 12.3 Å². The molecule has 3 N–H and O–H groups in total. The Hall–Kier alpha value is -1.67. The Morgan fingerprint density at radius 2 is 1.95 bits per heavy atom. The number of nitrogens with zero attached hydrogens (tertiary/aromatic N) is 1. The molecular weight excluding hydrogens is 367 g/mol. The van der Waals surface area contributed by atoms with Crippen molar-refractivity contribution >= 4 is 44.5 Å². The highest BCUT2D eigenvalue weighted by atomic mass is 79.9. The maximum atomic E-state index is 12.7. The summed E-state index contributed by atoms with van der Waals surface area (Å²) in [7, 11) is 0. The first-order valence-electron chi connectivity index (χ1n) is 5.67. The SMILES string of the molecule is NC(=S)c1cc(Nc2cc(C(F)(F)F)ccc2Br)ccn1. The third-order valence-corrected chi connectivity index (χ3v) is 3.49. The maximum Gasteiger partial charge on any atom is 0.416 e. The zero-order chi connectivity index (χ0) is 15.6. The van der Waals surface area contributed by atoms with Gasteiger partial charge in [0.1, 0.15) is 4.99 Å². The molecule has 110 valence electrons. The van der Waals surface area contributed by atoms with E-state index in [-0.39, 0.29) is 10.7 Å². The zero-order valence-corrected chi connectivity index (χ0v) is 12.8. The van der Waals surface area contributed by atoms with E-state index in [0.717, 1.165) is 12.1 Å². The molecule has 0 amide bonds. The maximum absolute atomic E-state index is 12.7. The molecule has 3 nitrogen and oxygen atoms in total. The van der Waals surface area contributed by atoms with Crippen molar-refractivity contribution in [2.45, 2.75) is 6.18 Å². The summed E-state index contributed by atoms with van der Waals surface area (Å²) in [6, 6.07) is 6.53. The van der Waals surface area contributed by atoms with Gasteiger partial charge < -0.3 is 11.1 Å². The van der Waals surface area contributed by atoms with Crippen LogP contribution < -0.4 is 11.1 Å². The smallest absolute Gasteiger partial charge is 0.388 e. The van der Waals surface area contributed by atoms with Crippen LogP contribution in [-0.2, 0) is 6.18 Å². The van der Waals surface area contributed by atoms with E-state index >= 15 is 0 Å². The average molecular weight is 376 g/mol. The molecule has 1 aromatic heterocycles. The van der Waals surface area contributed by atoms with Gasteiger partial charge in [-0.25, -0.2) is 0 Å². The van der Waals surface area contributed by atoms with E-state index in [0.29, 0.717) is 15.9 Å². The van der Waals surface area contributed by atoms with Gasteiger partial charge in [0.25, 0.3) is 0 Å². The molecule has 2 aromatic rings. The van der Waals surface area contributed by atoms with Gasteiger partial charge in [-0.15, -0.1) is 0 Å². The molecule has 0 fully saturated rings. The van der Waals surface area contributed by atoms with Gasteiger partial charge in [-0.05, 0) is 46.3 Å². The first-order chi connectivity index (χ1) is 9.77. The third-order valence-electron chi connectivity index (χ3n) is 2.59. The van der Waals surface area contributed by atoms with Gasteiger partial charge in [0.2, 0.25) is 0 Å². The lowest BCUT2D eigenvalue weighted by Crippen LogP contribution is -2.11. The molecule has 1 aromatic carbocycles. The summed E-state index contributed by atoms with van der Waals surface area (Å²) in [4.78, 5) is 4.07. The molecule has 0 bridgehead atoms. The van der Waals surface area contributed by atoms with Gasteiger partial charge in [-0.1, -0.05) is 12.2 Å². The van der Waals surface area contributed by atoms with Crippen molar-refractivity contribution in [1.82, 2.24) is 4.98 Å². The number of hydrogen-bond acceptors (Lipinski definition) is 3. The van der Waals surface area contributed by atoms with Gasteiger partial charge >= 0.3 is 6.18 Å². The predicted octanol–water partition coefficient (Wildman–Crippen LogP) is 4.24. The quantitative estimate of drug-likeness (QED) is 0.787. The Kier molecular flexibility index (Phi) is 4.48. The number of anilines is 2. The zero-order valence-electron chi connectivity index (χ0n) is 10.4. The van der Waals surface area contributed by atoms with Crippen LogP contribution in [0.25, 0.3) is 0 Å². The summed E-state index contributed by atoms with van der Waals surface area (Å²) in [5, 5.41) is 2.88. The van der Waals surface area contributed by atoms with Crippen molar-refractivity contribution in [3.05, 3.63) is 52.3 Å². The topological polar surface area (TPSA) is 50.9 Å². The van der Waals surface area contributed by atoms with Crippen LogP contribution in [-0.4, -0.2) is 9.97 Å². The highest BCUT2D eigenvalue weighted by Gasteiger charge is 2.30. The van der Waals surface area contributed by atoms with E-state index in [2.05, 4.69) is 26.2 Å². The van der Waals surface area contributed by atoms with Crippen molar-refractivity contribution < 1.29 is 13.2 Å². The van der Waals surface area contributed by atoms with Crippen LogP contribution in [0.4, 0.5) is 24.5 Å². The Labute approximate surface area is 132 Å². The van der Waals surface area contributed by atoms with Crippen molar-refractivity contribution in [3.63, 3.8) is 0 Å². The second-order valence-corrected chi connectivity index (χ2v) is 5.41. The molecule has 0 spiro atoms. The fourth-order valence-electron chi connectivity index (χ4n) is 1.60. The largest absolute Gasteiger partial charge is 0.416 e. The van der Waals surface area contributed by atoms with Crippen LogP contribution in [0.2, 0.25) is 0 Å². The monoisotopic (exact) mass is 375 g/mol. The summed E-state index contributed by atoms with van der Waals surface area (Å²) in [6.07, 6.45) is -2.93. The van der Waals surface area contributed by atoms with Crippen LogP contribution in [0.3, 0.4) is 0 Å².